The first-order chi connectivity index (χ1) is 10.8. The van der Waals surface area contributed by atoms with E-state index in [-0.39, 0.29) is 12.1 Å². The predicted octanol–water partition coefficient (Wildman–Crippen LogP) is -1.20. The molecule has 0 aromatic rings. The van der Waals surface area contributed by atoms with Crippen LogP contribution in [0.5, 0.6) is 0 Å². The van der Waals surface area contributed by atoms with Crippen molar-refractivity contribution in [3.8, 4) is 0 Å². The van der Waals surface area contributed by atoms with Crippen LogP contribution in [0, 0.1) is 0 Å². The first-order valence-electron chi connectivity index (χ1n) is 8.47. The minimum absolute atomic E-state index is 0.190. The highest BCUT2D eigenvalue weighted by Crippen LogP contribution is 2.16. The van der Waals surface area contributed by atoms with Crippen LogP contribution in [0.15, 0.2) is 0 Å². The van der Waals surface area contributed by atoms with Crippen molar-refractivity contribution in [3.63, 3.8) is 0 Å². The van der Waals surface area contributed by atoms with E-state index in [2.05, 4.69) is 15.1 Å². The van der Waals surface area contributed by atoms with Crippen LogP contribution in [0.2, 0.25) is 0 Å². The standard InChI is InChI=1S/C15H28N4O3/c20-15(19-3-1-16-2-4-19)13-14(17-5-9-21-10-6-17)18-7-11-22-12-8-18/h14,16H,1-13H2. The fourth-order valence-electron chi connectivity index (χ4n) is 3.44. The van der Waals surface area contributed by atoms with Gasteiger partial charge in [-0.1, -0.05) is 0 Å². The highest BCUT2D eigenvalue weighted by molar-refractivity contribution is 5.76. The molecule has 0 aromatic carbocycles. The second-order valence-electron chi connectivity index (χ2n) is 6.11. The van der Waals surface area contributed by atoms with Crippen LogP contribution in [-0.4, -0.2) is 106 Å². The maximum Gasteiger partial charge on any atom is 0.225 e. The number of hydrogen-bond acceptors (Lipinski definition) is 6. The Labute approximate surface area is 132 Å². The van der Waals surface area contributed by atoms with E-state index in [1.165, 1.54) is 0 Å². The zero-order chi connectivity index (χ0) is 15.2. The summed E-state index contributed by atoms with van der Waals surface area (Å²) in [6.07, 6.45) is 0.773. The van der Waals surface area contributed by atoms with Gasteiger partial charge in [-0.25, -0.2) is 0 Å². The molecule has 0 atom stereocenters. The normalized spacial score (nSPS) is 25.6. The number of carbonyl (C=O) groups is 1. The molecule has 3 rings (SSSR count). The van der Waals surface area contributed by atoms with Crippen molar-refractivity contribution in [1.82, 2.24) is 20.0 Å². The Morgan fingerprint density at radius 2 is 1.36 bits per heavy atom. The van der Waals surface area contributed by atoms with Crippen LogP contribution in [0.25, 0.3) is 0 Å². The van der Waals surface area contributed by atoms with E-state index in [1.807, 2.05) is 4.90 Å². The van der Waals surface area contributed by atoms with Gasteiger partial charge >= 0.3 is 0 Å². The lowest BCUT2D eigenvalue weighted by Crippen LogP contribution is -2.57. The third kappa shape index (κ3) is 4.17. The van der Waals surface area contributed by atoms with Gasteiger partial charge in [-0.15, -0.1) is 0 Å². The van der Waals surface area contributed by atoms with Gasteiger partial charge < -0.3 is 19.7 Å². The molecule has 1 N–H and O–H groups in total. The molecule has 1 amide bonds. The minimum atomic E-state index is 0.190. The summed E-state index contributed by atoms with van der Waals surface area (Å²) >= 11 is 0. The van der Waals surface area contributed by atoms with Crippen molar-refractivity contribution < 1.29 is 14.3 Å². The SMILES string of the molecule is O=C(CC(N1CCOCC1)N1CCOCC1)N1CCNCC1. The number of rotatable bonds is 4. The maximum absolute atomic E-state index is 12.7. The molecule has 126 valence electrons. The molecule has 0 spiro atoms. The first kappa shape index (κ1) is 16.1. The topological polar surface area (TPSA) is 57.3 Å². The largest absolute Gasteiger partial charge is 0.379 e. The van der Waals surface area contributed by atoms with Gasteiger partial charge in [0, 0.05) is 52.4 Å². The second-order valence-corrected chi connectivity index (χ2v) is 6.11. The molecule has 0 radical (unpaired) electrons. The Bertz CT molecular complexity index is 333. The van der Waals surface area contributed by atoms with E-state index in [1.54, 1.807) is 0 Å². The number of piperazine rings is 1. The average molecular weight is 312 g/mol. The van der Waals surface area contributed by atoms with Crippen molar-refractivity contribution in [2.45, 2.75) is 12.6 Å². The highest BCUT2D eigenvalue weighted by Gasteiger charge is 2.31. The van der Waals surface area contributed by atoms with Crippen LogP contribution in [0.1, 0.15) is 6.42 Å². The van der Waals surface area contributed by atoms with Crippen molar-refractivity contribution in [2.75, 3.05) is 78.8 Å². The molecule has 3 heterocycles. The molecule has 0 aromatic heterocycles. The van der Waals surface area contributed by atoms with Crippen LogP contribution in [0.4, 0.5) is 0 Å². The van der Waals surface area contributed by atoms with Crippen LogP contribution >= 0.6 is 0 Å². The lowest BCUT2D eigenvalue weighted by atomic mass is 10.2. The molecule has 0 aliphatic carbocycles. The highest BCUT2D eigenvalue weighted by atomic mass is 16.5. The monoisotopic (exact) mass is 312 g/mol. The molecule has 0 unspecified atom stereocenters. The number of ether oxygens (including phenoxy) is 2. The lowest BCUT2D eigenvalue weighted by molar-refractivity contribution is -0.138. The average Bonchev–Trinajstić information content (AvgIpc) is 2.62. The molecule has 0 bridgehead atoms. The summed E-state index contributed by atoms with van der Waals surface area (Å²) in [6.45, 7) is 10.2. The van der Waals surface area contributed by atoms with Gasteiger partial charge in [-0.3, -0.25) is 14.6 Å². The van der Waals surface area contributed by atoms with Crippen molar-refractivity contribution >= 4 is 5.91 Å². The van der Waals surface area contributed by atoms with Gasteiger partial charge in [0.15, 0.2) is 0 Å². The summed E-state index contributed by atoms with van der Waals surface area (Å²) in [6, 6.07) is 0. The van der Waals surface area contributed by atoms with E-state index in [9.17, 15) is 4.79 Å². The van der Waals surface area contributed by atoms with Crippen molar-refractivity contribution in [3.05, 3.63) is 0 Å². The minimum Gasteiger partial charge on any atom is -0.379 e. The predicted molar refractivity (Wildman–Crippen MR) is 82.6 cm³/mol. The zero-order valence-corrected chi connectivity index (χ0v) is 13.3. The Kier molecular flexibility index (Phi) is 6.03. The van der Waals surface area contributed by atoms with E-state index < -0.39 is 0 Å². The second kappa shape index (κ2) is 8.21. The summed E-state index contributed by atoms with van der Waals surface area (Å²) < 4.78 is 10.9. The van der Waals surface area contributed by atoms with E-state index in [0.717, 1.165) is 78.8 Å². The first-order valence-corrected chi connectivity index (χ1v) is 8.47. The molecule has 0 saturated carbocycles. The smallest absolute Gasteiger partial charge is 0.225 e. The van der Waals surface area contributed by atoms with Gasteiger partial charge in [-0.05, 0) is 0 Å². The summed E-state index contributed by atoms with van der Waals surface area (Å²) in [7, 11) is 0. The third-order valence-electron chi connectivity index (χ3n) is 4.76. The number of amides is 1. The van der Waals surface area contributed by atoms with Gasteiger partial charge in [0.25, 0.3) is 0 Å². The van der Waals surface area contributed by atoms with E-state index in [4.69, 9.17) is 9.47 Å². The van der Waals surface area contributed by atoms with E-state index >= 15 is 0 Å². The van der Waals surface area contributed by atoms with Gasteiger partial charge in [0.05, 0.1) is 39.0 Å². The lowest BCUT2D eigenvalue weighted by Gasteiger charge is -2.43. The molecular formula is C15H28N4O3. The molecule has 7 heteroatoms. The summed E-state index contributed by atoms with van der Waals surface area (Å²) in [5, 5.41) is 3.30. The summed E-state index contributed by atoms with van der Waals surface area (Å²) in [5.74, 6) is 0.282. The molecular weight excluding hydrogens is 284 g/mol. The molecule has 3 aliphatic rings. The Morgan fingerprint density at radius 1 is 0.864 bits per heavy atom. The fourth-order valence-corrected chi connectivity index (χ4v) is 3.44. The Balaban J connectivity index is 1.62. The van der Waals surface area contributed by atoms with Crippen LogP contribution < -0.4 is 5.32 Å². The molecule has 22 heavy (non-hydrogen) atoms. The zero-order valence-electron chi connectivity index (χ0n) is 13.3. The number of morpholine rings is 2. The number of carbonyl (C=O) groups excluding carboxylic acids is 1. The Hall–Kier alpha value is -0.730. The van der Waals surface area contributed by atoms with Crippen LogP contribution in [-0.2, 0) is 14.3 Å². The Morgan fingerprint density at radius 3 is 1.86 bits per heavy atom. The van der Waals surface area contributed by atoms with Gasteiger partial charge in [0.1, 0.15) is 0 Å². The number of nitrogens with zero attached hydrogens (tertiary/aromatic N) is 3. The quantitative estimate of drug-likeness (QED) is 0.704. The number of nitrogens with one attached hydrogen (secondary N) is 1. The summed E-state index contributed by atoms with van der Waals surface area (Å²) in [5.41, 5.74) is 0. The van der Waals surface area contributed by atoms with Gasteiger partial charge in [-0.2, -0.15) is 0 Å². The molecule has 3 fully saturated rings. The van der Waals surface area contributed by atoms with Crippen molar-refractivity contribution in [1.29, 1.82) is 0 Å². The summed E-state index contributed by atoms with van der Waals surface area (Å²) in [4.78, 5) is 19.5. The molecule has 3 aliphatic heterocycles. The van der Waals surface area contributed by atoms with E-state index in [0.29, 0.717) is 6.42 Å². The van der Waals surface area contributed by atoms with Crippen LogP contribution in [0.3, 0.4) is 0 Å². The fraction of sp³-hybridized carbons (Fsp3) is 0.933. The molecule has 7 nitrogen and oxygen atoms in total. The maximum atomic E-state index is 12.7. The number of hydrogen-bond donors (Lipinski definition) is 1. The third-order valence-corrected chi connectivity index (χ3v) is 4.76. The van der Waals surface area contributed by atoms with Crippen molar-refractivity contribution in [2.24, 2.45) is 0 Å². The molecule has 3 saturated heterocycles. The van der Waals surface area contributed by atoms with Gasteiger partial charge in [0.2, 0.25) is 5.91 Å².